The average Bonchev–Trinajstić information content (AvgIpc) is 1.06. The van der Waals surface area contributed by atoms with Gasteiger partial charge in [0.15, 0.2) is 11.8 Å². The molecule has 0 aliphatic carbocycles. The Labute approximate surface area is 650 Å². The quantitative estimate of drug-likeness (QED) is 0.0635. The second-order valence-corrected chi connectivity index (χ2v) is 32.8. The van der Waals surface area contributed by atoms with Gasteiger partial charge in [-0.3, -0.25) is 61.9 Å². The second kappa shape index (κ2) is 43.3. The van der Waals surface area contributed by atoms with E-state index in [9.17, 15) is 65.6 Å². The van der Waals surface area contributed by atoms with Crippen molar-refractivity contribution < 1.29 is 80.0 Å². The highest BCUT2D eigenvalue weighted by Crippen LogP contribution is 2.28. The molecule has 2 aromatic heterocycles. The fourth-order valence-electron chi connectivity index (χ4n) is 12.9. The smallest absolute Gasteiger partial charge is 0.422 e. The molecule has 4 rings (SSSR count). The number of imidazole rings is 1. The Kier molecular flexibility index (Phi) is 37.7. The summed E-state index contributed by atoms with van der Waals surface area (Å²) < 4.78 is 54.2. The number of amides is 11. The number of nitrogens with one attached hydrogen (secondary N) is 5. The van der Waals surface area contributed by atoms with Crippen molar-refractivity contribution in [1.29, 1.82) is 0 Å². The number of H-pyrrole nitrogens is 1. The van der Waals surface area contributed by atoms with Crippen LogP contribution in [0.2, 0.25) is 0 Å². The van der Waals surface area contributed by atoms with Gasteiger partial charge in [0.25, 0.3) is 0 Å². The van der Waals surface area contributed by atoms with E-state index in [1.165, 1.54) is 99.9 Å². The van der Waals surface area contributed by atoms with Crippen LogP contribution in [0.5, 0.6) is 5.75 Å². The Morgan fingerprint density at radius 1 is 0.591 bits per heavy atom. The molecule has 1 saturated heterocycles. The van der Waals surface area contributed by atoms with Gasteiger partial charge in [0, 0.05) is 61.1 Å². The first-order valence-corrected chi connectivity index (χ1v) is 39.2. The topological polar surface area (TPSA) is 347 Å². The molecule has 0 saturated carbocycles. The maximum Gasteiger partial charge on any atom is 0.422 e. The third kappa shape index (κ3) is 27.1. The molecule has 6 N–H and O–H groups in total. The van der Waals surface area contributed by atoms with Gasteiger partial charge in [-0.2, -0.15) is 13.2 Å². The minimum Gasteiger partial charge on any atom is -0.484 e. The summed E-state index contributed by atoms with van der Waals surface area (Å²) in [5.74, 6) is -9.61. The van der Waals surface area contributed by atoms with E-state index in [2.05, 4.69) is 36.2 Å². The number of hydrogen-bond donors (Lipinski definition) is 6. The van der Waals surface area contributed by atoms with Gasteiger partial charge in [-0.05, 0) is 126 Å². The number of halogens is 3. The molecule has 3 aromatic rings. The summed E-state index contributed by atoms with van der Waals surface area (Å²) >= 11 is 0. The van der Waals surface area contributed by atoms with Crippen molar-refractivity contribution in [2.75, 3.05) is 62.5 Å². The van der Waals surface area contributed by atoms with Gasteiger partial charge in [0.05, 0.1) is 45.9 Å². The van der Waals surface area contributed by atoms with Crippen LogP contribution in [0, 0.1) is 48.3 Å². The highest BCUT2D eigenvalue weighted by molar-refractivity contribution is 7.84. The highest BCUT2D eigenvalue weighted by Gasteiger charge is 2.46. The van der Waals surface area contributed by atoms with Crippen LogP contribution in [0.3, 0.4) is 0 Å². The monoisotopic (exact) mass is 1570 g/mol. The summed E-state index contributed by atoms with van der Waals surface area (Å²) in [5, 5.41) is 23.4. The number of benzene rings is 1. The van der Waals surface area contributed by atoms with Crippen LogP contribution in [-0.2, 0) is 69.3 Å². The average molecular weight is 1570 g/mol. The maximum atomic E-state index is 15.1. The number of aromatic amines is 1. The largest absolute Gasteiger partial charge is 0.484 e. The Morgan fingerprint density at radius 2 is 1.08 bits per heavy atom. The van der Waals surface area contributed by atoms with E-state index in [1.54, 1.807) is 67.5 Å². The predicted octanol–water partition coefficient (Wildman–Crippen LogP) is 6.78. The number of hydrogen-bond acceptors (Lipinski definition) is 16. The zero-order valence-corrected chi connectivity index (χ0v) is 70.0. The summed E-state index contributed by atoms with van der Waals surface area (Å²) in [6.45, 7) is 29.5. The Balaban J connectivity index is 0.00000104. The minimum absolute atomic E-state index is 0.0227. The summed E-state index contributed by atoms with van der Waals surface area (Å²) in [6, 6.07) is -3.70. The summed E-state index contributed by atoms with van der Waals surface area (Å²) in [4.78, 5) is 180. The normalized spacial score (nSPS) is 23.8. The van der Waals surface area contributed by atoms with Crippen LogP contribution in [0.1, 0.15) is 167 Å². The van der Waals surface area contributed by atoms with E-state index in [-0.39, 0.29) is 67.3 Å². The van der Waals surface area contributed by atoms with Crippen LogP contribution in [0.25, 0.3) is 11.0 Å². The first-order chi connectivity index (χ1) is 51.0. The van der Waals surface area contributed by atoms with Crippen molar-refractivity contribution in [1.82, 2.24) is 70.5 Å². The maximum absolute atomic E-state index is 15.1. The molecule has 0 bridgehead atoms. The SMILES string of the molecule is C/C=C/C[C@@H](C)[C@@H](O)[C@H]1C(=O)N[C@@H](CC)C(=O)N(C)CC(=O)N(C)[C@@H](CC(C)C)C(=O)N[C@@H](C(C)C)C(=O)N(C)[C@@H](CC(C)C)C(=O)N[C@@H](C)C(=O)N[C@H](C)C(=O)N(C)[C@@H](CC(C)C)C(=O)N(C)[C@@H](CC(C)C)C(=O)N(C)[C@@H](C(C)C)C(=O)N1C.Cc1c(OCC(F)(F)F)ccnc1CS(=O)c1nc2ccccc2[nH]1. The molecule has 1 unspecified atom stereocenters. The lowest BCUT2D eigenvalue weighted by molar-refractivity contribution is -0.157. The molecule has 1 aromatic carbocycles. The van der Waals surface area contributed by atoms with Crippen LogP contribution >= 0.6 is 0 Å². The Bertz CT molecular complexity index is 3650. The van der Waals surface area contributed by atoms with Crippen molar-refractivity contribution in [2.45, 2.75) is 247 Å². The Hall–Kier alpha value is -8.55. The molecule has 1 aliphatic rings. The molecule has 32 heteroatoms. The van der Waals surface area contributed by atoms with Crippen LogP contribution in [0.4, 0.5) is 13.2 Å². The lowest BCUT2D eigenvalue weighted by Crippen LogP contribution is -2.63. The van der Waals surface area contributed by atoms with Gasteiger partial charge in [0.2, 0.25) is 65.0 Å². The van der Waals surface area contributed by atoms with Crippen LogP contribution in [-0.4, -0.2) is 259 Å². The van der Waals surface area contributed by atoms with Gasteiger partial charge in [-0.15, -0.1) is 0 Å². The number of nitrogens with zero attached hydrogens (tertiary/aromatic N) is 9. The number of fused-ring (bicyclic) bond motifs is 1. The summed E-state index contributed by atoms with van der Waals surface area (Å²) in [6.07, 6.45) is -0.0435. The molecule has 13 atom stereocenters. The van der Waals surface area contributed by atoms with Gasteiger partial charge in [-0.1, -0.05) is 121 Å². The molecular formula is C78H125F3N14O14S. The molecule has 110 heavy (non-hydrogen) atoms. The fourth-order valence-corrected chi connectivity index (χ4v) is 14.0. The summed E-state index contributed by atoms with van der Waals surface area (Å²) in [7, 11) is 8.40. The van der Waals surface area contributed by atoms with Gasteiger partial charge < -0.3 is 70.4 Å². The number of likely N-dealkylation sites (N-methyl/N-ethyl adjacent to an activating group) is 7. The number of carbonyl (C=O) groups excluding carboxylic acids is 11. The van der Waals surface area contributed by atoms with E-state index in [0.29, 0.717) is 28.4 Å². The van der Waals surface area contributed by atoms with Gasteiger partial charge in [-0.25, -0.2) is 4.98 Å². The Morgan fingerprint density at radius 3 is 1.59 bits per heavy atom. The lowest BCUT2D eigenvalue weighted by atomic mass is 9.91. The second-order valence-electron chi connectivity index (χ2n) is 31.4. The number of aliphatic hydroxyl groups excluding tert-OH is 1. The lowest BCUT2D eigenvalue weighted by Gasteiger charge is -2.41. The van der Waals surface area contributed by atoms with Crippen molar-refractivity contribution in [3.63, 3.8) is 0 Å². The number of carbonyl (C=O) groups is 11. The molecule has 1 fully saturated rings. The molecule has 0 radical (unpaired) electrons. The summed E-state index contributed by atoms with van der Waals surface area (Å²) in [5.41, 5.74) is 2.28. The van der Waals surface area contributed by atoms with E-state index < -0.39 is 179 Å². The zero-order chi connectivity index (χ0) is 84.0. The standard InChI is InChI=1S/C62H111N11O12.C16H14F3N3O2S/c1-25-27-28-40(15)52(75)51-56(79)65-43(26-2)58(81)67(18)33-48(74)68(19)44(29-34(3)4)55(78)66-49(38(11)12)61(84)69(20)45(30-35(5)6)54(77)63-41(16)53(76)64-42(17)57(80)70(21)46(31-36(7)8)59(82)71(22)47(32-37(9)10)60(83)72(23)50(39(13)14)62(85)73(51)24;1-10-13(20-7-6-14(10)24-9-16(17,18)19)8-25(23)15-21-11-4-2-3-5-12(11)22-15/h25,27,34-47,49-52,75H,26,28-33H2,1-24H3,(H,63,77)(H,64,76)(H,65,79)(H,66,78);2-7H,8-9H2,1H3,(H,21,22)/b27-25+;/t40-,41+,42-,43+,44+,45+,46+,47+,49+,50+,51+,52-;/m1./s1. The number of allylic oxidation sites excluding steroid dienone is 2. The van der Waals surface area contributed by atoms with E-state index in [4.69, 9.17) is 4.74 Å². The van der Waals surface area contributed by atoms with Crippen LogP contribution in [0.15, 0.2) is 53.8 Å². The first kappa shape index (κ1) is 95.7. The molecule has 3 heterocycles. The van der Waals surface area contributed by atoms with E-state index in [1.807, 2.05) is 79.7 Å². The van der Waals surface area contributed by atoms with Crippen molar-refractivity contribution in [3.8, 4) is 5.75 Å². The minimum atomic E-state index is -4.42. The molecule has 0 spiro atoms. The van der Waals surface area contributed by atoms with Crippen LogP contribution < -0.4 is 26.0 Å². The molecule has 11 amide bonds. The number of alkyl halides is 3. The first-order valence-electron chi connectivity index (χ1n) is 37.9. The van der Waals surface area contributed by atoms with Gasteiger partial charge >= 0.3 is 6.18 Å². The van der Waals surface area contributed by atoms with Crippen molar-refractivity contribution >= 4 is 86.8 Å². The zero-order valence-electron chi connectivity index (χ0n) is 69.2. The molecule has 618 valence electrons. The molecular weight excluding hydrogens is 1450 g/mol. The predicted molar refractivity (Wildman–Crippen MR) is 415 cm³/mol. The van der Waals surface area contributed by atoms with Crippen molar-refractivity contribution in [3.05, 3.63) is 59.9 Å². The number of aromatic nitrogens is 3. The number of pyridine rings is 1. The van der Waals surface area contributed by atoms with E-state index >= 15 is 9.59 Å². The molecule has 28 nitrogen and oxygen atoms in total. The third-order valence-corrected chi connectivity index (χ3v) is 20.7. The third-order valence-electron chi connectivity index (χ3n) is 19.6. The number of rotatable bonds is 20. The van der Waals surface area contributed by atoms with Gasteiger partial charge in [0.1, 0.15) is 66.2 Å². The number of para-hydroxylation sites is 2. The molecule has 1 aliphatic heterocycles. The van der Waals surface area contributed by atoms with E-state index in [0.717, 1.165) is 15.3 Å². The highest BCUT2D eigenvalue weighted by atomic mass is 32.2. The fraction of sp³-hybridized carbons (Fsp3) is 0.679. The number of ether oxygens (including phenoxy) is 1. The van der Waals surface area contributed by atoms with Crippen molar-refractivity contribution in [2.24, 2.45) is 41.4 Å². The number of aliphatic hydroxyl groups is 1.